The minimum Gasteiger partial charge on any atom is -0.493 e. The highest BCUT2D eigenvalue weighted by Crippen LogP contribution is 2.27. The number of ether oxygens (including phenoxy) is 4. The van der Waals surface area contributed by atoms with Crippen LogP contribution in [0.25, 0.3) is 0 Å². The summed E-state index contributed by atoms with van der Waals surface area (Å²) in [5, 5.41) is 0. The molecule has 0 radical (unpaired) electrons. The van der Waals surface area contributed by atoms with E-state index < -0.39 is 5.79 Å². The molecule has 0 saturated carbocycles. The van der Waals surface area contributed by atoms with E-state index in [1.807, 2.05) is 38.1 Å². The lowest BCUT2D eigenvalue weighted by atomic mass is 10.3. The molecule has 94 valence electrons. The van der Waals surface area contributed by atoms with Crippen LogP contribution in [-0.4, -0.2) is 32.2 Å². The van der Waals surface area contributed by atoms with Gasteiger partial charge in [0.1, 0.15) is 12.7 Å². The molecule has 1 atom stereocenters. The number of para-hydroxylation sites is 2. The van der Waals surface area contributed by atoms with Crippen LogP contribution in [0.4, 0.5) is 0 Å². The number of methoxy groups -OCH3 is 1. The lowest BCUT2D eigenvalue weighted by molar-refractivity contribution is -0.141. The van der Waals surface area contributed by atoms with Crippen LogP contribution in [0.15, 0.2) is 24.3 Å². The summed E-state index contributed by atoms with van der Waals surface area (Å²) in [5.41, 5.74) is 0. The van der Waals surface area contributed by atoms with Gasteiger partial charge in [0, 0.05) is 0 Å². The van der Waals surface area contributed by atoms with Crippen molar-refractivity contribution in [3.8, 4) is 11.5 Å². The molecule has 1 aromatic rings. The third-order valence-electron chi connectivity index (χ3n) is 2.56. The van der Waals surface area contributed by atoms with Gasteiger partial charge in [0.25, 0.3) is 0 Å². The SMILES string of the molecule is COc1ccccc1OC[C@@H]1COC(C)(C)O1. The molecule has 0 unspecified atom stereocenters. The first-order chi connectivity index (χ1) is 8.11. The van der Waals surface area contributed by atoms with E-state index in [9.17, 15) is 0 Å². The smallest absolute Gasteiger partial charge is 0.163 e. The van der Waals surface area contributed by atoms with Crippen molar-refractivity contribution in [2.75, 3.05) is 20.3 Å². The van der Waals surface area contributed by atoms with Crippen molar-refractivity contribution in [2.24, 2.45) is 0 Å². The highest BCUT2D eigenvalue weighted by Gasteiger charge is 2.33. The topological polar surface area (TPSA) is 36.9 Å². The number of rotatable bonds is 4. The largest absolute Gasteiger partial charge is 0.493 e. The summed E-state index contributed by atoms with van der Waals surface area (Å²) in [6.45, 7) is 4.82. The lowest BCUT2D eigenvalue weighted by Gasteiger charge is -2.17. The van der Waals surface area contributed by atoms with Crippen molar-refractivity contribution >= 4 is 0 Å². The summed E-state index contributed by atoms with van der Waals surface area (Å²) in [7, 11) is 1.63. The van der Waals surface area contributed by atoms with E-state index in [1.54, 1.807) is 7.11 Å². The Morgan fingerprint density at radius 3 is 2.59 bits per heavy atom. The van der Waals surface area contributed by atoms with E-state index in [4.69, 9.17) is 18.9 Å². The number of hydrogen-bond donors (Lipinski definition) is 0. The predicted octanol–water partition coefficient (Wildman–Crippen LogP) is 2.23. The molecule has 4 nitrogen and oxygen atoms in total. The first-order valence-corrected chi connectivity index (χ1v) is 5.68. The standard InChI is InChI=1S/C13H18O4/c1-13(2)16-9-10(17-13)8-15-12-7-5-4-6-11(12)14-3/h4-7,10H,8-9H2,1-3H3/t10-/m1/s1. The fourth-order valence-electron chi connectivity index (χ4n) is 1.77. The Bertz CT molecular complexity index is 375. The highest BCUT2D eigenvalue weighted by molar-refractivity contribution is 5.39. The summed E-state index contributed by atoms with van der Waals surface area (Å²) < 4.78 is 22.0. The molecule has 0 amide bonds. The maximum Gasteiger partial charge on any atom is 0.163 e. The van der Waals surface area contributed by atoms with E-state index in [0.717, 1.165) is 11.5 Å². The van der Waals surface area contributed by atoms with Gasteiger partial charge < -0.3 is 18.9 Å². The Morgan fingerprint density at radius 2 is 2.00 bits per heavy atom. The molecule has 4 heteroatoms. The van der Waals surface area contributed by atoms with Gasteiger partial charge >= 0.3 is 0 Å². The monoisotopic (exact) mass is 238 g/mol. The van der Waals surface area contributed by atoms with Gasteiger partial charge in [-0.25, -0.2) is 0 Å². The average molecular weight is 238 g/mol. The van der Waals surface area contributed by atoms with Crippen molar-refractivity contribution in [2.45, 2.75) is 25.7 Å². The fourth-order valence-corrected chi connectivity index (χ4v) is 1.77. The van der Waals surface area contributed by atoms with Crippen molar-refractivity contribution in [3.63, 3.8) is 0 Å². The molecule has 2 rings (SSSR count). The molecule has 0 aliphatic carbocycles. The van der Waals surface area contributed by atoms with Gasteiger partial charge in [-0.1, -0.05) is 12.1 Å². The molecule has 17 heavy (non-hydrogen) atoms. The van der Waals surface area contributed by atoms with E-state index >= 15 is 0 Å². The molecule has 1 aliphatic heterocycles. The molecule has 0 bridgehead atoms. The first kappa shape index (κ1) is 12.2. The van der Waals surface area contributed by atoms with Gasteiger partial charge in [-0.05, 0) is 26.0 Å². The van der Waals surface area contributed by atoms with Gasteiger partial charge in [-0.3, -0.25) is 0 Å². The van der Waals surface area contributed by atoms with E-state index in [2.05, 4.69) is 0 Å². The van der Waals surface area contributed by atoms with E-state index in [1.165, 1.54) is 0 Å². The summed E-state index contributed by atoms with van der Waals surface area (Å²) in [4.78, 5) is 0. The van der Waals surface area contributed by atoms with E-state index in [0.29, 0.717) is 13.2 Å². The zero-order valence-electron chi connectivity index (χ0n) is 10.4. The van der Waals surface area contributed by atoms with Crippen molar-refractivity contribution in [1.82, 2.24) is 0 Å². The van der Waals surface area contributed by atoms with Crippen molar-refractivity contribution in [1.29, 1.82) is 0 Å². The van der Waals surface area contributed by atoms with Crippen LogP contribution in [0.1, 0.15) is 13.8 Å². The second-order valence-corrected chi connectivity index (χ2v) is 4.41. The minimum absolute atomic E-state index is 0.0325. The van der Waals surface area contributed by atoms with Crippen LogP contribution in [0.2, 0.25) is 0 Å². The van der Waals surface area contributed by atoms with Crippen LogP contribution < -0.4 is 9.47 Å². The molecule has 1 aromatic carbocycles. The Morgan fingerprint density at radius 1 is 1.29 bits per heavy atom. The number of benzene rings is 1. The van der Waals surface area contributed by atoms with Gasteiger partial charge in [-0.15, -0.1) is 0 Å². The molecule has 0 N–H and O–H groups in total. The first-order valence-electron chi connectivity index (χ1n) is 5.68. The zero-order chi connectivity index (χ0) is 12.3. The molecular weight excluding hydrogens is 220 g/mol. The third kappa shape index (κ3) is 3.11. The number of hydrogen-bond acceptors (Lipinski definition) is 4. The van der Waals surface area contributed by atoms with Gasteiger partial charge in [0.2, 0.25) is 0 Å². The molecule has 1 saturated heterocycles. The van der Waals surface area contributed by atoms with Gasteiger partial charge in [0.05, 0.1) is 13.7 Å². The predicted molar refractivity (Wildman–Crippen MR) is 63.4 cm³/mol. The Hall–Kier alpha value is -1.26. The Balaban J connectivity index is 1.90. The summed E-state index contributed by atoms with van der Waals surface area (Å²) in [6.07, 6.45) is -0.0325. The Kier molecular flexibility index (Phi) is 3.54. The molecular formula is C13H18O4. The zero-order valence-corrected chi connectivity index (χ0v) is 10.4. The third-order valence-corrected chi connectivity index (χ3v) is 2.56. The molecule has 0 aromatic heterocycles. The Labute approximate surface area is 101 Å². The summed E-state index contributed by atoms with van der Waals surface area (Å²) in [6, 6.07) is 7.56. The lowest BCUT2D eigenvalue weighted by Crippen LogP contribution is -2.25. The fraction of sp³-hybridized carbons (Fsp3) is 0.538. The van der Waals surface area contributed by atoms with Crippen LogP contribution in [-0.2, 0) is 9.47 Å². The van der Waals surface area contributed by atoms with Gasteiger partial charge in [-0.2, -0.15) is 0 Å². The maximum atomic E-state index is 5.68. The van der Waals surface area contributed by atoms with Crippen LogP contribution >= 0.6 is 0 Å². The molecule has 1 heterocycles. The van der Waals surface area contributed by atoms with Crippen molar-refractivity contribution in [3.05, 3.63) is 24.3 Å². The van der Waals surface area contributed by atoms with Crippen LogP contribution in [0.5, 0.6) is 11.5 Å². The van der Waals surface area contributed by atoms with E-state index in [-0.39, 0.29) is 6.10 Å². The minimum atomic E-state index is -0.505. The second-order valence-electron chi connectivity index (χ2n) is 4.41. The van der Waals surface area contributed by atoms with Crippen LogP contribution in [0, 0.1) is 0 Å². The molecule has 1 fully saturated rings. The van der Waals surface area contributed by atoms with Crippen LogP contribution in [0.3, 0.4) is 0 Å². The average Bonchev–Trinajstić information content (AvgIpc) is 2.67. The maximum absolute atomic E-state index is 5.68. The molecule has 1 aliphatic rings. The normalized spacial score (nSPS) is 22.4. The van der Waals surface area contributed by atoms with Crippen molar-refractivity contribution < 1.29 is 18.9 Å². The summed E-state index contributed by atoms with van der Waals surface area (Å²) >= 11 is 0. The summed E-state index contributed by atoms with van der Waals surface area (Å²) in [5.74, 6) is 0.948. The van der Waals surface area contributed by atoms with Gasteiger partial charge in [0.15, 0.2) is 17.3 Å². The highest BCUT2D eigenvalue weighted by atomic mass is 16.7. The quantitative estimate of drug-likeness (QED) is 0.806. The second kappa shape index (κ2) is 4.94. The molecule has 0 spiro atoms.